The highest BCUT2D eigenvalue weighted by molar-refractivity contribution is 14.1. The molecule has 2 nitrogen and oxygen atoms in total. The second-order valence-electron chi connectivity index (χ2n) is 4.56. The third kappa shape index (κ3) is 4.39. The number of carbonyl (C=O) groups is 1. The maximum absolute atomic E-state index is 11.2. The maximum atomic E-state index is 11.2. The van der Waals surface area contributed by atoms with Gasteiger partial charge in [0, 0.05) is 28.6 Å². The standard InChI is InChI=1S/C12H22INO/c1-3-9(4-2)5-6-10-7-8-11(14-10)12(13)15/h9-11,14H,3-8H2,1-2H3/t10?,11-/m1/s1. The average molecular weight is 323 g/mol. The highest BCUT2D eigenvalue weighted by Gasteiger charge is 2.27. The van der Waals surface area contributed by atoms with Crippen molar-refractivity contribution in [1.82, 2.24) is 5.32 Å². The summed E-state index contributed by atoms with van der Waals surface area (Å²) < 4.78 is 0.276. The topological polar surface area (TPSA) is 29.1 Å². The quantitative estimate of drug-likeness (QED) is 0.600. The highest BCUT2D eigenvalue weighted by Crippen LogP contribution is 2.22. The van der Waals surface area contributed by atoms with Crippen LogP contribution in [0.4, 0.5) is 0 Å². The predicted molar refractivity (Wildman–Crippen MR) is 72.3 cm³/mol. The second-order valence-corrected chi connectivity index (χ2v) is 5.62. The molecule has 0 aliphatic carbocycles. The van der Waals surface area contributed by atoms with Crippen molar-refractivity contribution in [2.24, 2.45) is 5.92 Å². The van der Waals surface area contributed by atoms with Crippen LogP contribution in [0.3, 0.4) is 0 Å². The fourth-order valence-corrected chi connectivity index (χ4v) is 2.85. The summed E-state index contributed by atoms with van der Waals surface area (Å²) in [6.45, 7) is 4.54. The van der Waals surface area contributed by atoms with E-state index in [1.165, 1.54) is 32.1 Å². The van der Waals surface area contributed by atoms with Gasteiger partial charge in [-0.3, -0.25) is 4.79 Å². The van der Waals surface area contributed by atoms with Gasteiger partial charge in [-0.05, 0) is 31.6 Å². The van der Waals surface area contributed by atoms with Gasteiger partial charge in [-0.15, -0.1) is 0 Å². The van der Waals surface area contributed by atoms with Crippen molar-refractivity contribution in [2.75, 3.05) is 0 Å². The Morgan fingerprint density at radius 1 is 1.40 bits per heavy atom. The first kappa shape index (κ1) is 13.4. The van der Waals surface area contributed by atoms with Gasteiger partial charge < -0.3 is 5.32 Å². The largest absolute Gasteiger partial charge is 0.304 e. The van der Waals surface area contributed by atoms with Crippen LogP contribution in [-0.4, -0.2) is 15.9 Å². The fraction of sp³-hybridized carbons (Fsp3) is 0.917. The summed E-state index contributed by atoms with van der Waals surface area (Å²) in [4.78, 5) is 11.2. The molecule has 1 heterocycles. The zero-order chi connectivity index (χ0) is 11.3. The van der Waals surface area contributed by atoms with E-state index < -0.39 is 0 Å². The molecule has 0 radical (unpaired) electrons. The molecule has 1 unspecified atom stereocenters. The second kappa shape index (κ2) is 6.84. The van der Waals surface area contributed by atoms with Crippen LogP contribution in [0.2, 0.25) is 0 Å². The first-order chi connectivity index (χ1) is 7.17. The lowest BCUT2D eigenvalue weighted by atomic mass is 9.95. The Morgan fingerprint density at radius 2 is 2.07 bits per heavy atom. The minimum atomic E-state index is 0.136. The number of hydrogen-bond donors (Lipinski definition) is 1. The number of hydrogen-bond acceptors (Lipinski definition) is 2. The Balaban J connectivity index is 2.21. The van der Waals surface area contributed by atoms with Crippen molar-refractivity contribution in [2.45, 2.75) is 64.5 Å². The number of carbonyl (C=O) groups excluding carboxylic acids is 1. The monoisotopic (exact) mass is 323 g/mol. The number of halogens is 1. The average Bonchev–Trinajstić information content (AvgIpc) is 2.68. The van der Waals surface area contributed by atoms with Crippen molar-refractivity contribution in [3.05, 3.63) is 0 Å². The first-order valence-corrected chi connectivity index (χ1v) is 7.20. The van der Waals surface area contributed by atoms with E-state index in [4.69, 9.17) is 0 Å². The summed E-state index contributed by atoms with van der Waals surface area (Å²) in [7, 11) is 0. The predicted octanol–water partition coefficient (Wildman–Crippen LogP) is 3.29. The molecule has 1 fully saturated rings. The van der Waals surface area contributed by atoms with Crippen molar-refractivity contribution in [1.29, 1.82) is 0 Å². The van der Waals surface area contributed by atoms with Gasteiger partial charge in [0.25, 0.3) is 0 Å². The van der Waals surface area contributed by atoms with Crippen LogP contribution in [0.15, 0.2) is 0 Å². The molecule has 0 aromatic heterocycles. The molecule has 0 spiro atoms. The molecule has 0 saturated carbocycles. The van der Waals surface area contributed by atoms with Crippen molar-refractivity contribution >= 4 is 26.4 Å². The van der Waals surface area contributed by atoms with E-state index in [-0.39, 0.29) is 9.83 Å². The van der Waals surface area contributed by atoms with Gasteiger partial charge in [0.05, 0.1) is 6.04 Å². The van der Waals surface area contributed by atoms with Crippen molar-refractivity contribution in [3.63, 3.8) is 0 Å². The molecule has 88 valence electrons. The van der Waals surface area contributed by atoms with E-state index in [2.05, 4.69) is 19.2 Å². The van der Waals surface area contributed by atoms with E-state index in [0.717, 1.165) is 12.3 Å². The maximum Gasteiger partial charge on any atom is 0.209 e. The Hall–Kier alpha value is 0.360. The molecule has 0 amide bonds. The molecule has 0 aromatic carbocycles. The summed E-state index contributed by atoms with van der Waals surface area (Å²) in [6, 6.07) is 0.728. The fourth-order valence-electron chi connectivity index (χ4n) is 2.36. The Morgan fingerprint density at radius 3 is 2.53 bits per heavy atom. The summed E-state index contributed by atoms with van der Waals surface area (Å²) >= 11 is 1.91. The molecule has 2 atom stereocenters. The summed E-state index contributed by atoms with van der Waals surface area (Å²) in [5.41, 5.74) is 0. The normalized spacial score (nSPS) is 26.1. The third-order valence-corrected chi connectivity index (χ3v) is 4.34. The lowest BCUT2D eigenvalue weighted by Gasteiger charge is -2.16. The van der Waals surface area contributed by atoms with E-state index in [1.54, 1.807) is 0 Å². The van der Waals surface area contributed by atoms with Crippen LogP contribution < -0.4 is 5.32 Å². The molecular weight excluding hydrogens is 301 g/mol. The summed E-state index contributed by atoms with van der Waals surface area (Å²) in [5, 5.41) is 3.44. The third-order valence-electron chi connectivity index (χ3n) is 3.59. The molecule has 1 aliphatic rings. The molecule has 1 aliphatic heterocycles. The van der Waals surface area contributed by atoms with Crippen LogP contribution in [-0.2, 0) is 4.79 Å². The van der Waals surface area contributed by atoms with Crippen LogP contribution in [0, 0.1) is 5.92 Å². The molecule has 15 heavy (non-hydrogen) atoms. The Labute approximate surface area is 107 Å². The van der Waals surface area contributed by atoms with E-state index >= 15 is 0 Å². The van der Waals surface area contributed by atoms with Gasteiger partial charge in [-0.2, -0.15) is 0 Å². The number of nitrogens with one attached hydrogen (secondary N) is 1. The zero-order valence-corrected chi connectivity index (χ0v) is 11.9. The first-order valence-electron chi connectivity index (χ1n) is 6.12. The highest BCUT2D eigenvalue weighted by atomic mass is 127. The van der Waals surface area contributed by atoms with Crippen LogP contribution in [0.25, 0.3) is 0 Å². The summed E-state index contributed by atoms with van der Waals surface area (Å²) in [5.74, 6) is 0.876. The smallest absolute Gasteiger partial charge is 0.209 e. The van der Waals surface area contributed by atoms with E-state index in [9.17, 15) is 4.79 Å². The Kier molecular flexibility index (Phi) is 6.12. The van der Waals surface area contributed by atoms with Gasteiger partial charge >= 0.3 is 0 Å². The lowest BCUT2D eigenvalue weighted by molar-refractivity contribution is -0.110. The van der Waals surface area contributed by atoms with Gasteiger partial charge in [-0.25, -0.2) is 0 Å². The molecule has 1 saturated heterocycles. The molecule has 1 rings (SSSR count). The number of rotatable bonds is 6. The van der Waals surface area contributed by atoms with Gasteiger partial charge in [0.15, 0.2) is 0 Å². The molecule has 0 aromatic rings. The molecule has 0 bridgehead atoms. The van der Waals surface area contributed by atoms with Crippen LogP contribution >= 0.6 is 22.6 Å². The summed E-state index contributed by atoms with van der Waals surface area (Å²) in [6.07, 6.45) is 7.35. The van der Waals surface area contributed by atoms with Crippen LogP contribution in [0.1, 0.15) is 52.4 Å². The zero-order valence-electron chi connectivity index (χ0n) is 9.76. The van der Waals surface area contributed by atoms with Crippen LogP contribution in [0.5, 0.6) is 0 Å². The Bertz CT molecular complexity index is 204. The van der Waals surface area contributed by atoms with E-state index in [1.807, 2.05) is 22.6 Å². The molecule has 3 heteroatoms. The SMILES string of the molecule is CCC(CC)CCC1CC[C@H](C(=O)I)N1. The molecular formula is C12H22INO. The van der Waals surface area contributed by atoms with Gasteiger partial charge in [-0.1, -0.05) is 26.7 Å². The van der Waals surface area contributed by atoms with Crippen molar-refractivity contribution < 1.29 is 4.79 Å². The minimum absolute atomic E-state index is 0.136. The minimum Gasteiger partial charge on any atom is -0.304 e. The van der Waals surface area contributed by atoms with E-state index in [0.29, 0.717) is 6.04 Å². The van der Waals surface area contributed by atoms with Crippen molar-refractivity contribution in [3.8, 4) is 0 Å². The van der Waals surface area contributed by atoms with Gasteiger partial charge in [0.1, 0.15) is 0 Å². The lowest BCUT2D eigenvalue weighted by Crippen LogP contribution is -2.33. The van der Waals surface area contributed by atoms with Gasteiger partial charge in [0.2, 0.25) is 3.79 Å². The molecule has 1 N–H and O–H groups in total.